The van der Waals surface area contributed by atoms with Crippen molar-refractivity contribution in [3.05, 3.63) is 71.1 Å². The molecule has 0 radical (unpaired) electrons. The third-order valence-corrected chi connectivity index (χ3v) is 4.59. The van der Waals surface area contributed by atoms with Crippen molar-refractivity contribution >= 4 is 34.8 Å². The van der Waals surface area contributed by atoms with Gasteiger partial charge < -0.3 is 20.4 Å². The van der Waals surface area contributed by atoms with Crippen LogP contribution in [0.15, 0.2) is 71.1 Å². The number of hydrogen-bond donors (Lipinski definition) is 2. The van der Waals surface area contributed by atoms with Crippen LogP contribution in [0.4, 0.5) is 11.4 Å². The van der Waals surface area contributed by atoms with Gasteiger partial charge in [-0.1, -0.05) is 0 Å². The molecule has 0 saturated heterocycles. The van der Waals surface area contributed by atoms with Crippen molar-refractivity contribution in [1.82, 2.24) is 9.80 Å². The van der Waals surface area contributed by atoms with Gasteiger partial charge in [0.2, 0.25) is 0 Å². The van der Waals surface area contributed by atoms with Crippen LogP contribution in [0.25, 0.3) is 0 Å². The topological polar surface area (TPSA) is 98.8 Å². The van der Waals surface area contributed by atoms with Gasteiger partial charge in [0, 0.05) is 39.6 Å². The summed E-state index contributed by atoms with van der Waals surface area (Å²) in [6.45, 7) is 6.09. The molecule has 0 unspecified atom stereocenters. The van der Waals surface area contributed by atoms with Crippen molar-refractivity contribution in [2.24, 2.45) is 0 Å². The Labute approximate surface area is 201 Å². The molecule has 1 aromatic carbocycles. The number of carbonyl (C=O) groups excluding carboxylic acids is 4. The van der Waals surface area contributed by atoms with E-state index in [0.717, 1.165) is 0 Å². The average Bonchev–Trinajstić information content (AvgIpc) is 2.71. The van der Waals surface area contributed by atoms with Crippen LogP contribution >= 0.6 is 0 Å². The predicted molar refractivity (Wildman–Crippen MR) is 136 cm³/mol. The molecule has 34 heavy (non-hydrogen) atoms. The minimum atomic E-state index is -0.518. The number of amides is 2. The second kappa shape index (κ2) is 12.9. The Balaban J connectivity index is 3.04. The highest BCUT2D eigenvalue weighted by molar-refractivity contribution is 6.24. The molecule has 0 atom stereocenters. The van der Waals surface area contributed by atoms with Gasteiger partial charge in [-0.15, -0.1) is 0 Å². The highest BCUT2D eigenvalue weighted by Gasteiger charge is 2.18. The average molecular weight is 467 g/mol. The SMILES string of the molecule is CC(=O)C(C(=O)Nc1ccc(NC(=O)C(C(C)=O)=C(C)C=CN(C)C)cc1)=C(C)C=CN(C)C. The van der Waals surface area contributed by atoms with E-state index in [-0.39, 0.29) is 22.7 Å². The summed E-state index contributed by atoms with van der Waals surface area (Å²) in [4.78, 5) is 53.1. The van der Waals surface area contributed by atoms with Gasteiger partial charge in [0.25, 0.3) is 11.8 Å². The van der Waals surface area contributed by atoms with Gasteiger partial charge in [0.05, 0.1) is 11.1 Å². The lowest BCUT2D eigenvalue weighted by Gasteiger charge is -2.12. The zero-order chi connectivity index (χ0) is 26.0. The van der Waals surface area contributed by atoms with Crippen molar-refractivity contribution < 1.29 is 19.2 Å². The first-order valence-electron chi connectivity index (χ1n) is 10.7. The lowest BCUT2D eigenvalue weighted by Crippen LogP contribution is -2.21. The fourth-order valence-corrected chi connectivity index (χ4v) is 2.95. The predicted octanol–water partition coefficient (Wildman–Crippen LogP) is 3.53. The van der Waals surface area contributed by atoms with E-state index in [1.54, 1.807) is 72.5 Å². The summed E-state index contributed by atoms with van der Waals surface area (Å²) in [5, 5.41) is 5.41. The normalized spacial score (nSPS) is 12.7. The number of anilines is 2. The molecule has 1 rings (SSSR count). The molecule has 0 aliphatic carbocycles. The van der Waals surface area contributed by atoms with Crippen LogP contribution in [-0.2, 0) is 19.2 Å². The van der Waals surface area contributed by atoms with Crippen LogP contribution in [0.5, 0.6) is 0 Å². The largest absolute Gasteiger partial charge is 0.383 e. The number of carbonyl (C=O) groups is 4. The molecular formula is C26H34N4O4. The monoisotopic (exact) mass is 466 g/mol. The molecule has 8 nitrogen and oxygen atoms in total. The van der Waals surface area contributed by atoms with E-state index in [4.69, 9.17) is 0 Å². The van der Waals surface area contributed by atoms with Crippen molar-refractivity contribution in [1.29, 1.82) is 0 Å². The van der Waals surface area contributed by atoms with Gasteiger partial charge in [0.1, 0.15) is 0 Å². The highest BCUT2D eigenvalue weighted by atomic mass is 16.2. The molecular weight excluding hydrogens is 432 g/mol. The number of hydrogen-bond acceptors (Lipinski definition) is 6. The molecule has 1 aromatic rings. The Kier molecular flexibility index (Phi) is 10.7. The summed E-state index contributed by atoms with van der Waals surface area (Å²) in [5.74, 6) is -1.72. The molecule has 0 bridgehead atoms. The van der Waals surface area contributed by atoms with Gasteiger partial charge in [-0.05, 0) is 87.7 Å². The zero-order valence-corrected chi connectivity index (χ0v) is 21.1. The van der Waals surface area contributed by atoms with Crippen molar-refractivity contribution in [2.75, 3.05) is 38.8 Å². The number of allylic oxidation sites excluding steroid dienone is 4. The van der Waals surface area contributed by atoms with E-state index in [1.807, 2.05) is 28.2 Å². The molecule has 0 fully saturated rings. The Hall–Kier alpha value is -3.94. The summed E-state index contributed by atoms with van der Waals surface area (Å²) in [6, 6.07) is 6.41. The van der Waals surface area contributed by atoms with Crippen molar-refractivity contribution in [3.8, 4) is 0 Å². The summed E-state index contributed by atoms with van der Waals surface area (Å²) in [5.41, 5.74) is 2.13. The van der Waals surface area contributed by atoms with Crippen molar-refractivity contribution in [3.63, 3.8) is 0 Å². The Morgan fingerprint density at radius 2 is 0.912 bits per heavy atom. The molecule has 2 amide bonds. The fourth-order valence-electron chi connectivity index (χ4n) is 2.95. The van der Waals surface area contributed by atoms with Crippen LogP contribution < -0.4 is 10.6 Å². The second-order valence-electron chi connectivity index (χ2n) is 8.27. The second-order valence-corrected chi connectivity index (χ2v) is 8.27. The molecule has 2 N–H and O–H groups in total. The maximum atomic E-state index is 12.7. The van der Waals surface area contributed by atoms with E-state index in [2.05, 4.69) is 10.6 Å². The van der Waals surface area contributed by atoms with Gasteiger partial charge >= 0.3 is 0 Å². The molecule has 182 valence electrons. The minimum Gasteiger partial charge on any atom is -0.383 e. The third-order valence-electron chi connectivity index (χ3n) is 4.59. The van der Waals surface area contributed by atoms with Gasteiger partial charge in [-0.3, -0.25) is 19.2 Å². The number of Topliss-reactive ketones (excluding diaryl/α,β-unsaturated/α-hetero) is 2. The number of nitrogens with one attached hydrogen (secondary N) is 2. The number of ketones is 2. The van der Waals surface area contributed by atoms with E-state index in [1.165, 1.54) is 13.8 Å². The van der Waals surface area contributed by atoms with Crippen LogP contribution in [-0.4, -0.2) is 61.4 Å². The van der Waals surface area contributed by atoms with E-state index in [0.29, 0.717) is 22.5 Å². The maximum Gasteiger partial charge on any atom is 0.259 e. The summed E-state index contributed by atoms with van der Waals surface area (Å²) < 4.78 is 0. The summed E-state index contributed by atoms with van der Waals surface area (Å²) in [7, 11) is 7.37. The van der Waals surface area contributed by atoms with Gasteiger partial charge in [0.15, 0.2) is 11.6 Å². The van der Waals surface area contributed by atoms with Crippen LogP contribution in [0.1, 0.15) is 27.7 Å². The molecule has 0 aliphatic rings. The van der Waals surface area contributed by atoms with Crippen molar-refractivity contribution in [2.45, 2.75) is 27.7 Å². The first-order chi connectivity index (χ1) is 15.8. The molecule has 8 heteroatoms. The summed E-state index contributed by atoms with van der Waals surface area (Å²) in [6.07, 6.45) is 6.91. The lowest BCUT2D eigenvalue weighted by atomic mass is 10.0. The van der Waals surface area contributed by atoms with E-state index in [9.17, 15) is 19.2 Å². The Morgan fingerprint density at radius 3 is 1.15 bits per heavy atom. The minimum absolute atomic E-state index is 0.0629. The Morgan fingerprint density at radius 1 is 0.618 bits per heavy atom. The molecule has 0 heterocycles. The van der Waals surface area contributed by atoms with Gasteiger partial charge in [-0.2, -0.15) is 0 Å². The molecule has 0 aliphatic heterocycles. The highest BCUT2D eigenvalue weighted by Crippen LogP contribution is 2.18. The molecule has 0 saturated carbocycles. The van der Waals surface area contributed by atoms with E-state index < -0.39 is 11.8 Å². The first-order valence-corrected chi connectivity index (χ1v) is 10.7. The Bertz CT molecular complexity index is 974. The van der Waals surface area contributed by atoms with Crippen LogP contribution in [0, 0.1) is 0 Å². The fraction of sp³-hybridized carbons (Fsp3) is 0.308. The standard InChI is InChI=1S/C26H34N4O4/c1-17(13-15-29(5)6)23(19(3)31)25(33)27-21-9-11-22(12-10-21)28-26(34)24(20(4)32)18(2)14-16-30(7)8/h9-16H,1-8H3,(H,27,33)(H,28,34). The third kappa shape index (κ3) is 8.90. The lowest BCUT2D eigenvalue weighted by molar-refractivity contribution is -0.120. The summed E-state index contributed by atoms with van der Waals surface area (Å²) >= 11 is 0. The maximum absolute atomic E-state index is 12.7. The molecule has 0 aromatic heterocycles. The molecule has 0 spiro atoms. The number of benzene rings is 1. The first kappa shape index (κ1) is 28.1. The quantitative estimate of drug-likeness (QED) is 0.237. The smallest absolute Gasteiger partial charge is 0.259 e. The number of rotatable bonds is 10. The zero-order valence-electron chi connectivity index (χ0n) is 21.1. The van der Waals surface area contributed by atoms with Crippen LogP contribution in [0.3, 0.4) is 0 Å². The van der Waals surface area contributed by atoms with Gasteiger partial charge in [-0.25, -0.2) is 0 Å². The van der Waals surface area contributed by atoms with Crippen LogP contribution in [0.2, 0.25) is 0 Å². The van der Waals surface area contributed by atoms with E-state index >= 15 is 0 Å². The number of nitrogens with zero attached hydrogens (tertiary/aromatic N) is 2.